The van der Waals surface area contributed by atoms with Crippen LogP contribution >= 0.6 is 0 Å². The van der Waals surface area contributed by atoms with Gasteiger partial charge in [0.05, 0.1) is 30.7 Å². The van der Waals surface area contributed by atoms with Gasteiger partial charge in [0.2, 0.25) is 0 Å². The summed E-state index contributed by atoms with van der Waals surface area (Å²) in [5.74, 6) is 0.0473. The van der Waals surface area contributed by atoms with Crippen LogP contribution < -0.4 is 9.80 Å². The van der Waals surface area contributed by atoms with Crippen molar-refractivity contribution < 1.29 is 9.53 Å². The largest absolute Gasteiger partial charge is 0.378 e. The fourth-order valence-electron chi connectivity index (χ4n) is 3.71. The summed E-state index contributed by atoms with van der Waals surface area (Å²) >= 11 is 0. The molecule has 0 bridgehead atoms. The topological polar surface area (TPSA) is 48.9 Å². The molecular formula is C21H26N4O2. The van der Waals surface area contributed by atoms with E-state index in [1.54, 1.807) is 6.20 Å². The number of carbonyl (C=O) groups excluding carboxylic acids is 1. The first kappa shape index (κ1) is 17.8. The maximum absolute atomic E-state index is 12.7. The van der Waals surface area contributed by atoms with Crippen molar-refractivity contribution in [2.24, 2.45) is 0 Å². The summed E-state index contributed by atoms with van der Waals surface area (Å²) in [5.41, 5.74) is 4.26. The Kier molecular flexibility index (Phi) is 5.25. The number of rotatable bonds is 3. The van der Waals surface area contributed by atoms with Gasteiger partial charge in [-0.2, -0.15) is 0 Å². The molecule has 0 unspecified atom stereocenters. The van der Waals surface area contributed by atoms with Gasteiger partial charge in [0.1, 0.15) is 0 Å². The van der Waals surface area contributed by atoms with E-state index >= 15 is 0 Å². The zero-order valence-corrected chi connectivity index (χ0v) is 15.8. The minimum Gasteiger partial charge on any atom is -0.378 e. The van der Waals surface area contributed by atoms with Crippen molar-refractivity contribution in [3.63, 3.8) is 0 Å². The van der Waals surface area contributed by atoms with Crippen molar-refractivity contribution in [1.29, 1.82) is 0 Å². The van der Waals surface area contributed by atoms with Gasteiger partial charge in [0, 0.05) is 51.2 Å². The molecule has 2 aliphatic heterocycles. The summed E-state index contributed by atoms with van der Waals surface area (Å²) in [5, 5.41) is 0. The summed E-state index contributed by atoms with van der Waals surface area (Å²) in [4.78, 5) is 23.6. The number of morpholine rings is 1. The van der Waals surface area contributed by atoms with Gasteiger partial charge in [-0.3, -0.25) is 9.78 Å². The monoisotopic (exact) mass is 366 g/mol. The van der Waals surface area contributed by atoms with E-state index in [4.69, 9.17) is 4.74 Å². The first-order valence-corrected chi connectivity index (χ1v) is 9.59. The maximum Gasteiger partial charge on any atom is 0.255 e. The highest BCUT2D eigenvalue weighted by Gasteiger charge is 2.22. The van der Waals surface area contributed by atoms with E-state index in [0.717, 1.165) is 31.9 Å². The van der Waals surface area contributed by atoms with Crippen LogP contribution in [0.4, 0.5) is 11.4 Å². The van der Waals surface area contributed by atoms with Crippen LogP contribution in [0.5, 0.6) is 0 Å². The molecule has 0 saturated carbocycles. The van der Waals surface area contributed by atoms with Gasteiger partial charge in [-0.1, -0.05) is 12.1 Å². The molecule has 4 rings (SSSR count). The number of hydrogen-bond acceptors (Lipinski definition) is 5. The third-order valence-electron chi connectivity index (χ3n) is 5.28. The maximum atomic E-state index is 12.7. The van der Waals surface area contributed by atoms with E-state index in [-0.39, 0.29) is 5.91 Å². The van der Waals surface area contributed by atoms with E-state index in [1.165, 1.54) is 11.3 Å². The summed E-state index contributed by atoms with van der Waals surface area (Å²) in [7, 11) is 0. The summed E-state index contributed by atoms with van der Waals surface area (Å²) in [6.07, 6.45) is 3.53. The number of ether oxygens (including phenoxy) is 1. The second-order valence-corrected chi connectivity index (χ2v) is 7.15. The van der Waals surface area contributed by atoms with E-state index in [1.807, 2.05) is 17.2 Å². The van der Waals surface area contributed by atoms with Crippen LogP contribution in [0.15, 0.2) is 42.7 Å². The average Bonchev–Trinajstić information content (AvgIpc) is 2.74. The Morgan fingerprint density at radius 2 is 1.63 bits per heavy atom. The van der Waals surface area contributed by atoms with Gasteiger partial charge in [0.15, 0.2) is 0 Å². The molecule has 2 saturated heterocycles. The Hall–Kier alpha value is -2.60. The van der Waals surface area contributed by atoms with Gasteiger partial charge < -0.3 is 19.4 Å². The highest BCUT2D eigenvalue weighted by atomic mass is 16.5. The second-order valence-electron chi connectivity index (χ2n) is 7.15. The predicted molar refractivity (Wildman–Crippen MR) is 107 cm³/mol. The van der Waals surface area contributed by atoms with Crippen molar-refractivity contribution in [3.05, 3.63) is 53.9 Å². The number of aromatic nitrogens is 1. The normalized spacial score (nSPS) is 17.9. The highest BCUT2D eigenvalue weighted by Crippen LogP contribution is 2.22. The number of pyridine rings is 1. The van der Waals surface area contributed by atoms with Crippen molar-refractivity contribution in [2.45, 2.75) is 6.92 Å². The molecule has 0 aliphatic carbocycles. The van der Waals surface area contributed by atoms with E-state index in [9.17, 15) is 4.79 Å². The molecule has 2 aromatic rings. The van der Waals surface area contributed by atoms with Crippen molar-refractivity contribution >= 4 is 17.3 Å². The van der Waals surface area contributed by atoms with Crippen LogP contribution in [0.3, 0.4) is 0 Å². The molecule has 27 heavy (non-hydrogen) atoms. The number of amides is 1. The van der Waals surface area contributed by atoms with Crippen molar-refractivity contribution in [3.8, 4) is 0 Å². The zero-order valence-electron chi connectivity index (χ0n) is 15.8. The number of hydrogen-bond donors (Lipinski definition) is 0. The lowest BCUT2D eigenvalue weighted by Crippen LogP contribution is -2.46. The number of benzene rings is 1. The summed E-state index contributed by atoms with van der Waals surface area (Å²) in [6, 6.07) is 10.6. The number of anilines is 2. The molecule has 0 atom stereocenters. The van der Waals surface area contributed by atoms with E-state index < -0.39 is 0 Å². The van der Waals surface area contributed by atoms with Gasteiger partial charge in [-0.25, -0.2) is 0 Å². The Bertz CT molecular complexity index is 796. The molecule has 2 fully saturated rings. The minimum absolute atomic E-state index is 0.0473. The molecule has 0 N–H and O–H groups in total. The molecular weight excluding hydrogens is 340 g/mol. The first-order chi connectivity index (χ1) is 13.2. The molecule has 2 aliphatic rings. The van der Waals surface area contributed by atoms with Gasteiger partial charge in [-0.05, 0) is 30.7 Å². The number of aryl methyl sites for hydroxylation is 1. The SMILES string of the molecule is Cc1cccc(N2CCN(c3cncc(C(=O)N4CCOCC4)c3)CC2)c1. The van der Waals surface area contributed by atoms with Crippen molar-refractivity contribution in [1.82, 2.24) is 9.88 Å². The second kappa shape index (κ2) is 7.96. The smallest absolute Gasteiger partial charge is 0.255 e. The Morgan fingerprint density at radius 3 is 2.33 bits per heavy atom. The lowest BCUT2D eigenvalue weighted by molar-refractivity contribution is 0.0302. The number of carbonyl (C=O) groups is 1. The Labute approximate surface area is 160 Å². The first-order valence-electron chi connectivity index (χ1n) is 9.59. The summed E-state index contributed by atoms with van der Waals surface area (Å²) < 4.78 is 5.34. The Morgan fingerprint density at radius 1 is 0.926 bits per heavy atom. The van der Waals surface area contributed by atoms with Crippen LogP contribution in [-0.2, 0) is 4.74 Å². The van der Waals surface area contributed by atoms with Crippen LogP contribution in [0, 0.1) is 6.92 Å². The van der Waals surface area contributed by atoms with Crippen LogP contribution in [-0.4, -0.2) is 68.3 Å². The third-order valence-corrected chi connectivity index (χ3v) is 5.28. The van der Waals surface area contributed by atoms with Crippen LogP contribution in [0.1, 0.15) is 15.9 Å². The van der Waals surface area contributed by atoms with Gasteiger partial charge in [0.25, 0.3) is 5.91 Å². The van der Waals surface area contributed by atoms with Crippen molar-refractivity contribution in [2.75, 3.05) is 62.3 Å². The Balaban J connectivity index is 1.42. The third kappa shape index (κ3) is 4.06. The van der Waals surface area contributed by atoms with Gasteiger partial charge in [-0.15, -0.1) is 0 Å². The minimum atomic E-state index is 0.0473. The number of piperazine rings is 1. The fraction of sp³-hybridized carbons (Fsp3) is 0.429. The molecule has 0 spiro atoms. The zero-order chi connectivity index (χ0) is 18.6. The highest BCUT2D eigenvalue weighted by molar-refractivity contribution is 5.94. The fourth-order valence-corrected chi connectivity index (χ4v) is 3.71. The van der Waals surface area contributed by atoms with E-state index in [0.29, 0.717) is 31.9 Å². The lowest BCUT2D eigenvalue weighted by atomic mass is 10.1. The molecule has 0 radical (unpaired) electrons. The average molecular weight is 366 g/mol. The lowest BCUT2D eigenvalue weighted by Gasteiger charge is -2.37. The molecule has 6 heteroatoms. The number of nitrogens with zero attached hydrogens (tertiary/aromatic N) is 4. The summed E-state index contributed by atoms with van der Waals surface area (Å²) in [6.45, 7) is 8.42. The van der Waals surface area contributed by atoms with E-state index in [2.05, 4.69) is 46.0 Å². The standard InChI is InChI=1S/C21H26N4O2/c1-17-3-2-4-19(13-17)23-5-7-24(8-6-23)20-14-18(15-22-16-20)21(26)25-9-11-27-12-10-25/h2-4,13-16H,5-12H2,1H3. The molecule has 1 aromatic heterocycles. The molecule has 142 valence electrons. The van der Waals surface area contributed by atoms with Crippen LogP contribution in [0.25, 0.3) is 0 Å². The molecule has 1 aromatic carbocycles. The predicted octanol–water partition coefficient (Wildman–Crippen LogP) is 2.19. The van der Waals surface area contributed by atoms with Crippen LogP contribution in [0.2, 0.25) is 0 Å². The quantitative estimate of drug-likeness (QED) is 0.833. The molecule has 6 nitrogen and oxygen atoms in total. The molecule has 3 heterocycles. The van der Waals surface area contributed by atoms with Gasteiger partial charge >= 0.3 is 0 Å². The molecule has 1 amide bonds.